The zero-order chi connectivity index (χ0) is 16.1. The Bertz CT molecular complexity index is 660. The maximum atomic E-state index is 12.3. The third kappa shape index (κ3) is 4.28. The molecule has 0 spiro atoms. The number of carbonyl (C=O) groups excluding carboxylic acids is 1. The van der Waals surface area contributed by atoms with Crippen molar-refractivity contribution in [1.82, 2.24) is 15.1 Å². The molecule has 5 heteroatoms. The highest BCUT2D eigenvalue weighted by Gasteiger charge is 2.27. The monoisotopic (exact) mass is 311 g/mol. The van der Waals surface area contributed by atoms with Gasteiger partial charge in [-0.15, -0.1) is 5.10 Å². The molecule has 0 aliphatic carbocycles. The SMILES string of the molecule is Cc1cccc(CCC(=O)N2CCC(Oc3cccnn3)C2)c1. The second kappa shape index (κ2) is 7.22. The Morgan fingerprint density at radius 2 is 2.26 bits per heavy atom. The van der Waals surface area contributed by atoms with Gasteiger partial charge in [0.25, 0.3) is 0 Å². The lowest BCUT2D eigenvalue weighted by Crippen LogP contribution is -2.31. The van der Waals surface area contributed by atoms with E-state index < -0.39 is 0 Å². The Morgan fingerprint density at radius 1 is 1.35 bits per heavy atom. The quantitative estimate of drug-likeness (QED) is 0.851. The van der Waals surface area contributed by atoms with Crippen molar-refractivity contribution in [3.05, 3.63) is 53.7 Å². The summed E-state index contributed by atoms with van der Waals surface area (Å²) in [6, 6.07) is 11.9. The van der Waals surface area contributed by atoms with E-state index in [0.29, 0.717) is 18.8 Å². The van der Waals surface area contributed by atoms with Crippen LogP contribution in [0.4, 0.5) is 0 Å². The third-order valence-electron chi connectivity index (χ3n) is 4.04. The van der Waals surface area contributed by atoms with E-state index in [2.05, 4.69) is 35.3 Å². The molecule has 1 amide bonds. The summed E-state index contributed by atoms with van der Waals surface area (Å²) in [4.78, 5) is 14.2. The van der Waals surface area contributed by atoms with Gasteiger partial charge in [-0.25, -0.2) is 0 Å². The second-order valence-electron chi connectivity index (χ2n) is 5.92. The molecule has 1 saturated heterocycles. The molecule has 1 atom stereocenters. The van der Waals surface area contributed by atoms with Crippen LogP contribution >= 0.6 is 0 Å². The predicted molar refractivity (Wildman–Crippen MR) is 87.1 cm³/mol. The molecule has 2 aromatic rings. The van der Waals surface area contributed by atoms with Crippen LogP contribution in [0.1, 0.15) is 24.0 Å². The molecular formula is C18H21N3O2. The number of nitrogens with zero attached hydrogens (tertiary/aromatic N) is 3. The first-order valence-corrected chi connectivity index (χ1v) is 7.98. The van der Waals surface area contributed by atoms with E-state index in [4.69, 9.17) is 4.74 Å². The molecular weight excluding hydrogens is 290 g/mol. The highest BCUT2D eigenvalue weighted by molar-refractivity contribution is 5.76. The van der Waals surface area contributed by atoms with Crippen molar-refractivity contribution in [2.75, 3.05) is 13.1 Å². The van der Waals surface area contributed by atoms with Gasteiger partial charge in [-0.2, -0.15) is 5.10 Å². The Kier molecular flexibility index (Phi) is 4.86. The summed E-state index contributed by atoms with van der Waals surface area (Å²) < 4.78 is 5.77. The summed E-state index contributed by atoms with van der Waals surface area (Å²) in [5.41, 5.74) is 2.44. The standard InChI is InChI=1S/C18H21N3O2/c1-14-4-2-5-15(12-14)7-8-18(22)21-11-9-16(13-21)23-17-6-3-10-19-20-17/h2-6,10,12,16H,7-9,11,13H2,1H3. The van der Waals surface area contributed by atoms with Crippen molar-refractivity contribution in [3.63, 3.8) is 0 Å². The van der Waals surface area contributed by atoms with Crippen molar-refractivity contribution in [2.45, 2.75) is 32.3 Å². The fourth-order valence-electron chi connectivity index (χ4n) is 2.85. The van der Waals surface area contributed by atoms with Crippen molar-refractivity contribution < 1.29 is 9.53 Å². The van der Waals surface area contributed by atoms with E-state index >= 15 is 0 Å². The van der Waals surface area contributed by atoms with Crippen LogP contribution in [0.25, 0.3) is 0 Å². The smallest absolute Gasteiger partial charge is 0.233 e. The minimum atomic E-state index is 0.00891. The van der Waals surface area contributed by atoms with E-state index in [0.717, 1.165) is 19.4 Å². The van der Waals surface area contributed by atoms with E-state index in [9.17, 15) is 4.79 Å². The number of amides is 1. The van der Waals surface area contributed by atoms with E-state index in [-0.39, 0.29) is 12.0 Å². The van der Waals surface area contributed by atoms with Gasteiger partial charge in [0, 0.05) is 31.6 Å². The fourth-order valence-corrected chi connectivity index (χ4v) is 2.85. The summed E-state index contributed by atoms with van der Waals surface area (Å²) in [5.74, 6) is 0.711. The maximum Gasteiger partial charge on any atom is 0.233 e. The van der Waals surface area contributed by atoms with Crippen LogP contribution in [0.3, 0.4) is 0 Å². The van der Waals surface area contributed by atoms with Crippen LogP contribution in [0, 0.1) is 6.92 Å². The van der Waals surface area contributed by atoms with Crippen molar-refractivity contribution >= 4 is 5.91 Å². The number of rotatable bonds is 5. The molecule has 1 fully saturated rings. The molecule has 5 nitrogen and oxygen atoms in total. The topological polar surface area (TPSA) is 55.3 Å². The number of aryl methyl sites for hydroxylation is 2. The number of benzene rings is 1. The first-order chi connectivity index (χ1) is 11.2. The molecule has 0 radical (unpaired) electrons. The lowest BCUT2D eigenvalue weighted by Gasteiger charge is -2.17. The average molecular weight is 311 g/mol. The zero-order valence-electron chi connectivity index (χ0n) is 13.3. The lowest BCUT2D eigenvalue weighted by atomic mass is 10.1. The number of carbonyl (C=O) groups is 1. The van der Waals surface area contributed by atoms with Gasteiger partial charge in [-0.1, -0.05) is 29.8 Å². The first kappa shape index (κ1) is 15.5. The Morgan fingerprint density at radius 3 is 3.04 bits per heavy atom. The molecule has 120 valence electrons. The summed E-state index contributed by atoms with van der Waals surface area (Å²) in [6.07, 6.45) is 3.79. The largest absolute Gasteiger partial charge is 0.471 e. The Balaban J connectivity index is 1.47. The van der Waals surface area contributed by atoms with Crippen molar-refractivity contribution in [1.29, 1.82) is 0 Å². The lowest BCUT2D eigenvalue weighted by molar-refractivity contribution is -0.130. The second-order valence-corrected chi connectivity index (χ2v) is 5.92. The van der Waals surface area contributed by atoms with Gasteiger partial charge in [0.2, 0.25) is 11.8 Å². The number of ether oxygens (including phenoxy) is 1. The first-order valence-electron chi connectivity index (χ1n) is 7.98. The Labute approximate surface area is 136 Å². The number of aromatic nitrogens is 2. The predicted octanol–water partition coefficient (Wildman–Crippen LogP) is 2.40. The molecule has 23 heavy (non-hydrogen) atoms. The zero-order valence-corrected chi connectivity index (χ0v) is 13.3. The summed E-state index contributed by atoms with van der Waals surface area (Å²) in [7, 11) is 0. The molecule has 0 saturated carbocycles. The fraction of sp³-hybridized carbons (Fsp3) is 0.389. The van der Waals surface area contributed by atoms with E-state index in [1.54, 1.807) is 18.3 Å². The van der Waals surface area contributed by atoms with Gasteiger partial charge < -0.3 is 9.64 Å². The van der Waals surface area contributed by atoms with Crippen molar-refractivity contribution in [2.24, 2.45) is 0 Å². The highest BCUT2D eigenvalue weighted by atomic mass is 16.5. The van der Waals surface area contributed by atoms with Gasteiger partial charge in [0.1, 0.15) is 6.10 Å². The van der Waals surface area contributed by atoms with Crippen LogP contribution < -0.4 is 4.74 Å². The minimum absolute atomic E-state index is 0.00891. The molecule has 0 N–H and O–H groups in total. The molecule has 1 aromatic carbocycles. The van der Waals surface area contributed by atoms with Gasteiger partial charge in [-0.05, 0) is 25.0 Å². The summed E-state index contributed by atoms with van der Waals surface area (Å²) in [6.45, 7) is 3.45. The van der Waals surface area contributed by atoms with E-state index in [1.807, 2.05) is 11.0 Å². The number of hydrogen-bond donors (Lipinski definition) is 0. The van der Waals surface area contributed by atoms with E-state index in [1.165, 1.54) is 11.1 Å². The summed E-state index contributed by atoms with van der Waals surface area (Å²) in [5, 5.41) is 7.72. The van der Waals surface area contributed by atoms with Crippen LogP contribution in [0.15, 0.2) is 42.6 Å². The maximum absolute atomic E-state index is 12.3. The normalized spacial score (nSPS) is 17.3. The molecule has 1 aliphatic rings. The van der Waals surface area contributed by atoms with Crippen LogP contribution in [-0.4, -0.2) is 40.2 Å². The van der Waals surface area contributed by atoms with Gasteiger partial charge in [0.15, 0.2) is 0 Å². The number of likely N-dealkylation sites (tertiary alicyclic amines) is 1. The van der Waals surface area contributed by atoms with Crippen molar-refractivity contribution in [3.8, 4) is 5.88 Å². The number of hydrogen-bond acceptors (Lipinski definition) is 4. The molecule has 1 aromatic heterocycles. The molecule has 2 heterocycles. The molecule has 0 bridgehead atoms. The van der Waals surface area contributed by atoms with Crippen LogP contribution in [0.5, 0.6) is 5.88 Å². The molecule has 1 unspecified atom stereocenters. The minimum Gasteiger partial charge on any atom is -0.471 e. The Hall–Kier alpha value is -2.43. The van der Waals surface area contributed by atoms with Gasteiger partial charge in [-0.3, -0.25) is 4.79 Å². The van der Waals surface area contributed by atoms with Gasteiger partial charge in [0.05, 0.1) is 6.54 Å². The van der Waals surface area contributed by atoms with Crippen LogP contribution in [0.2, 0.25) is 0 Å². The van der Waals surface area contributed by atoms with Crippen LogP contribution in [-0.2, 0) is 11.2 Å². The third-order valence-corrected chi connectivity index (χ3v) is 4.04. The highest BCUT2D eigenvalue weighted by Crippen LogP contribution is 2.17. The summed E-state index contributed by atoms with van der Waals surface area (Å²) >= 11 is 0. The molecule has 1 aliphatic heterocycles. The van der Waals surface area contributed by atoms with Gasteiger partial charge >= 0.3 is 0 Å². The molecule has 3 rings (SSSR count). The average Bonchev–Trinajstić information content (AvgIpc) is 3.02.